The molecule has 0 bridgehead atoms. The van der Waals surface area contributed by atoms with Gasteiger partial charge in [0.2, 0.25) is 0 Å². The summed E-state index contributed by atoms with van der Waals surface area (Å²) in [6, 6.07) is 18.6. The molecular weight excluding hydrogens is 469 g/mol. The summed E-state index contributed by atoms with van der Waals surface area (Å²) < 4.78 is 19.3. The van der Waals surface area contributed by atoms with Gasteiger partial charge in [0.05, 0.1) is 17.7 Å². The molecule has 1 saturated heterocycles. The Morgan fingerprint density at radius 2 is 1.63 bits per heavy atom. The Bertz CT molecular complexity index is 1250. The number of hydrogen-bond donors (Lipinski definition) is 1. The van der Waals surface area contributed by atoms with Crippen LogP contribution < -0.4 is 4.74 Å². The fourth-order valence-corrected chi connectivity index (χ4v) is 4.25. The molecule has 3 aromatic carbocycles. The third-order valence-electron chi connectivity index (χ3n) is 5.78. The maximum Gasteiger partial charge on any atom is 0.295 e. The van der Waals surface area contributed by atoms with Crippen LogP contribution in [0.25, 0.3) is 5.76 Å². The number of carbonyl (C=O) groups excluding carboxylic acids is 2. The number of nitrogens with zero attached hydrogens (tertiary/aromatic N) is 1. The van der Waals surface area contributed by atoms with Gasteiger partial charge in [0.15, 0.2) is 0 Å². The molecule has 1 heterocycles. The van der Waals surface area contributed by atoms with Gasteiger partial charge in [-0.05, 0) is 79.9 Å². The number of rotatable bonds is 7. The monoisotopic (exact) mass is 493 g/mol. The molecule has 1 unspecified atom stereocenters. The Labute approximate surface area is 208 Å². The van der Waals surface area contributed by atoms with E-state index in [2.05, 4.69) is 0 Å². The average molecular weight is 494 g/mol. The third kappa shape index (κ3) is 5.38. The highest BCUT2D eigenvalue weighted by Crippen LogP contribution is 2.39. The van der Waals surface area contributed by atoms with Gasteiger partial charge in [-0.1, -0.05) is 35.9 Å². The predicted octanol–water partition coefficient (Wildman–Crippen LogP) is 5.93. The van der Waals surface area contributed by atoms with E-state index in [0.717, 1.165) is 5.56 Å². The minimum Gasteiger partial charge on any atom is -0.507 e. The van der Waals surface area contributed by atoms with Gasteiger partial charge in [0.25, 0.3) is 11.7 Å². The van der Waals surface area contributed by atoms with Crippen molar-refractivity contribution in [3.63, 3.8) is 0 Å². The van der Waals surface area contributed by atoms with E-state index < -0.39 is 23.5 Å². The molecule has 1 N–H and O–H groups in total. The van der Waals surface area contributed by atoms with Crippen LogP contribution in [0.4, 0.5) is 4.39 Å². The zero-order valence-electron chi connectivity index (χ0n) is 19.4. The van der Waals surface area contributed by atoms with E-state index in [1.807, 2.05) is 26.0 Å². The zero-order valence-corrected chi connectivity index (χ0v) is 20.1. The van der Waals surface area contributed by atoms with E-state index in [1.54, 1.807) is 36.4 Å². The van der Waals surface area contributed by atoms with Crippen molar-refractivity contribution < 1.29 is 23.8 Å². The van der Waals surface area contributed by atoms with Crippen LogP contribution in [-0.2, 0) is 16.0 Å². The summed E-state index contributed by atoms with van der Waals surface area (Å²) >= 11 is 5.96. The number of hydrogen-bond acceptors (Lipinski definition) is 4. The first kappa shape index (κ1) is 24.5. The fourth-order valence-electron chi connectivity index (χ4n) is 4.12. The number of benzene rings is 3. The molecular formula is C28H25ClFNO4. The van der Waals surface area contributed by atoms with Crippen molar-refractivity contribution in [2.45, 2.75) is 32.4 Å². The van der Waals surface area contributed by atoms with Gasteiger partial charge < -0.3 is 14.7 Å². The van der Waals surface area contributed by atoms with Crippen molar-refractivity contribution in [1.29, 1.82) is 0 Å². The molecule has 0 saturated carbocycles. The number of ether oxygens (including phenoxy) is 1. The molecule has 1 fully saturated rings. The van der Waals surface area contributed by atoms with Crippen LogP contribution in [0.15, 0.2) is 78.4 Å². The summed E-state index contributed by atoms with van der Waals surface area (Å²) in [5.74, 6) is -1.60. The van der Waals surface area contributed by atoms with Crippen LogP contribution in [0.5, 0.6) is 5.75 Å². The second kappa shape index (κ2) is 10.3. The molecule has 0 aliphatic carbocycles. The van der Waals surface area contributed by atoms with Crippen LogP contribution in [0.1, 0.15) is 36.6 Å². The normalized spacial score (nSPS) is 17.3. The Morgan fingerprint density at radius 1 is 1.00 bits per heavy atom. The van der Waals surface area contributed by atoms with Crippen LogP contribution in [-0.4, -0.2) is 34.3 Å². The van der Waals surface area contributed by atoms with Crippen molar-refractivity contribution in [2.75, 3.05) is 6.54 Å². The van der Waals surface area contributed by atoms with E-state index in [4.69, 9.17) is 16.3 Å². The number of amides is 1. The van der Waals surface area contributed by atoms with Gasteiger partial charge in [-0.15, -0.1) is 0 Å². The summed E-state index contributed by atoms with van der Waals surface area (Å²) in [6.45, 7) is 4.04. The molecule has 35 heavy (non-hydrogen) atoms. The molecule has 0 spiro atoms. The van der Waals surface area contributed by atoms with Crippen molar-refractivity contribution in [3.8, 4) is 5.75 Å². The summed E-state index contributed by atoms with van der Waals surface area (Å²) in [4.78, 5) is 27.6. The van der Waals surface area contributed by atoms with Gasteiger partial charge in [0, 0.05) is 17.1 Å². The maximum atomic E-state index is 13.6. The highest BCUT2D eigenvalue weighted by atomic mass is 35.5. The fraction of sp³-hybridized carbons (Fsp3) is 0.214. The standard InChI is InChI=1S/C28H25ClFNO4/c1-17(2)35-23-13-7-20(8-14-23)26(32)24-25(19-5-11-22(30)12-6-19)31(28(34)27(24)33)16-15-18-3-9-21(29)10-4-18/h3-14,17,25,32H,15-16H2,1-2H3/b26-24-. The minimum atomic E-state index is -0.852. The lowest BCUT2D eigenvalue weighted by molar-refractivity contribution is -0.139. The molecule has 180 valence electrons. The largest absolute Gasteiger partial charge is 0.507 e. The van der Waals surface area contributed by atoms with Gasteiger partial charge in [-0.2, -0.15) is 0 Å². The van der Waals surface area contributed by atoms with Crippen LogP contribution in [0.2, 0.25) is 5.02 Å². The summed E-state index contributed by atoms with van der Waals surface area (Å²) in [5, 5.41) is 11.8. The predicted molar refractivity (Wildman–Crippen MR) is 133 cm³/mol. The number of carbonyl (C=O) groups is 2. The molecule has 1 aliphatic heterocycles. The lowest BCUT2D eigenvalue weighted by atomic mass is 9.95. The van der Waals surface area contributed by atoms with E-state index in [-0.39, 0.29) is 24.0 Å². The van der Waals surface area contributed by atoms with Crippen molar-refractivity contribution in [2.24, 2.45) is 0 Å². The van der Waals surface area contributed by atoms with Crippen molar-refractivity contribution in [3.05, 3.63) is 106 Å². The first-order chi connectivity index (χ1) is 16.7. The van der Waals surface area contributed by atoms with Crippen molar-refractivity contribution in [1.82, 2.24) is 4.90 Å². The second-order valence-corrected chi connectivity index (χ2v) is 9.05. The number of ketones is 1. The van der Waals surface area contributed by atoms with E-state index in [9.17, 15) is 19.1 Å². The Morgan fingerprint density at radius 3 is 2.23 bits per heavy atom. The first-order valence-corrected chi connectivity index (χ1v) is 11.7. The maximum absolute atomic E-state index is 13.6. The highest BCUT2D eigenvalue weighted by Gasteiger charge is 2.45. The lowest BCUT2D eigenvalue weighted by Gasteiger charge is -2.25. The summed E-state index contributed by atoms with van der Waals surface area (Å²) in [5.41, 5.74) is 1.82. The minimum absolute atomic E-state index is 0.0149. The molecule has 0 aromatic heterocycles. The average Bonchev–Trinajstić information content (AvgIpc) is 3.09. The van der Waals surface area contributed by atoms with E-state index >= 15 is 0 Å². The van der Waals surface area contributed by atoms with E-state index in [0.29, 0.717) is 28.3 Å². The Hall–Kier alpha value is -3.64. The van der Waals surface area contributed by atoms with Crippen molar-refractivity contribution >= 4 is 29.1 Å². The molecule has 7 heteroatoms. The highest BCUT2D eigenvalue weighted by molar-refractivity contribution is 6.46. The molecule has 0 radical (unpaired) electrons. The van der Waals surface area contributed by atoms with Gasteiger partial charge in [-0.25, -0.2) is 4.39 Å². The topological polar surface area (TPSA) is 66.8 Å². The lowest BCUT2D eigenvalue weighted by Crippen LogP contribution is -2.31. The smallest absolute Gasteiger partial charge is 0.295 e. The number of Topliss-reactive ketones (excluding diaryl/α,β-unsaturated/α-hetero) is 1. The second-order valence-electron chi connectivity index (χ2n) is 8.61. The molecule has 5 nitrogen and oxygen atoms in total. The molecule has 4 rings (SSSR count). The molecule has 1 amide bonds. The molecule has 3 aromatic rings. The molecule has 1 aliphatic rings. The SMILES string of the molecule is CC(C)Oc1ccc(/C(O)=C2/C(=O)C(=O)N(CCc3ccc(Cl)cc3)C2c2ccc(F)cc2)cc1. The van der Waals surface area contributed by atoms with Crippen LogP contribution >= 0.6 is 11.6 Å². The number of halogens is 2. The number of aliphatic hydroxyl groups is 1. The van der Waals surface area contributed by atoms with E-state index in [1.165, 1.54) is 29.2 Å². The van der Waals surface area contributed by atoms with Crippen LogP contribution in [0, 0.1) is 5.82 Å². The zero-order chi connectivity index (χ0) is 25.1. The first-order valence-electron chi connectivity index (χ1n) is 11.3. The van der Waals surface area contributed by atoms with Gasteiger partial charge >= 0.3 is 0 Å². The summed E-state index contributed by atoms with van der Waals surface area (Å²) in [7, 11) is 0. The quantitative estimate of drug-likeness (QED) is 0.251. The number of aliphatic hydroxyl groups excluding tert-OH is 1. The van der Waals surface area contributed by atoms with Gasteiger partial charge in [-0.3, -0.25) is 9.59 Å². The third-order valence-corrected chi connectivity index (χ3v) is 6.03. The number of likely N-dealkylation sites (tertiary alicyclic amines) is 1. The Balaban J connectivity index is 1.72. The molecule has 1 atom stereocenters. The Kier molecular flexibility index (Phi) is 7.22. The van der Waals surface area contributed by atoms with Gasteiger partial charge in [0.1, 0.15) is 17.3 Å². The van der Waals surface area contributed by atoms with Crippen LogP contribution in [0.3, 0.4) is 0 Å². The summed E-state index contributed by atoms with van der Waals surface area (Å²) in [6.07, 6.45) is 0.460.